The minimum atomic E-state index is 0.342. The van der Waals surface area contributed by atoms with Gasteiger partial charge in [-0.3, -0.25) is 4.99 Å². The summed E-state index contributed by atoms with van der Waals surface area (Å²) in [5.41, 5.74) is 0. The molecule has 4 atom stereocenters. The van der Waals surface area contributed by atoms with Gasteiger partial charge >= 0.3 is 0 Å². The van der Waals surface area contributed by atoms with Crippen molar-refractivity contribution in [1.29, 1.82) is 0 Å². The van der Waals surface area contributed by atoms with Gasteiger partial charge in [0, 0.05) is 32.7 Å². The van der Waals surface area contributed by atoms with Gasteiger partial charge in [0.1, 0.15) is 12.4 Å². The number of aryl methyl sites for hydroxylation is 1. The van der Waals surface area contributed by atoms with E-state index in [0.717, 1.165) is 67.8 Å². The van der Waals surface area contributed by atoms with Gasteiger partial charge in [-0.05, 0) is 56.8 Å². The van der Waals surface area contributed by atoms with Crippen LogP contribution in [0.25, 0.3) is 0 Å². The van der Waals surface area contributed by atoms with Crippen molar-refractivity contribution in [3.05, 3.63) is 11.6 Å². The molecule has 4 unspecified atom stereocenters. The van der Waals surface area contributed by atoms with E-state index in [-0.39, 0.29) is 0 Å². The first-order valence-electron chi connectivity index (χ1n) is 10.7. The molecule has 2 aliphatic carbocycles. The largest absolute Gasteiger partial charge is 0.377 e. The van der Waals surface area contributed by atoms with Crippen molar-refractivity contribution < 1.29 is 4.74 Å². The fourth-order valence-electron chi connectivity index (χ4n) is 5.25. The van der Waals surface area contributed by atoms with Crippen molar-refractivity contribution in [2.24, 2.45) is 22.7 Å². The molecule has 2 bridgehead atoms. The Hall–Kier alpha value is -1.63. The molecule has 27 heavy (non-hydrogen) atoms. The molecule has 0 amide bonds. The Morgan fingerprint density at radius 3 is 2.96 bits per heavy atom. The Kier molecular flexibility index (Phi) is 5.95. The van der Waals surface area contributed by atoms with E-state index < -0.39 is 0 Å². The molecule has 3 aliphatic rings. The first-order valence-corrected chi connectivity index (χ1v) is 10.7. The van der Waals surface area contributed by atoms with Gasteiger partial charge in [-0.15, -0.1) is 0 Å². The second kappa shape index (κ2) is 8.59. The Bertz CT molecular complexity index is 657. The number of rotatable bonds is 7. The van der Waals surface area contributed by atoms with E-state index in [2.05, 4.69) is 27.6 Å². The number of aliphatic imine (C=N–C) groups is 1. The van der Waals surface area contributed by atoms with E-state index in [1.807, 2.05) is 4.68 Å². The third kappa shape index (κ3) is 4.45. The van der Waals surface area contributed by atoms with Crippen molar-refractivity contribution in [1.82, 2.24) is 25.4 Å². The Labute approximate surface area is 162 Å². The maximum absolute atomic E-state index is 5.15. The predicted octanol–water partition coefficient (Wildman–Crippen LogP) is 2.12. The molecule has 150 valence electrons. The number of ether oxygens (including phenoxy) is 1. The summed E-state index contributed by atoms with van der Waals surface area (Å²) in [6.07, 6.45) is 9.12. The van der Waals surface area contributed by atoms with Crippen molar-refractivity contribution in [2.45, 2.75) is 71.1 Å². The molecule has 2 saturated carbocycles. The van der Waals surface area contributed by atoms with E-state index in [0.29, 0.717) is 12.6 Å². The van der Waals surface area contributed by atoms with Gasteiger partial charge in [0.25, 0.3) is 0 Å². The van der Waals surface area contributed by atoms with Crippen molar-refractivity contribution >= 4 is 5.96 Å². The molecule has 2 heterocycles. The minimum Gasteiger partial charge on any atom is -0.377 e. The Morgan fingerprint density at radius 2 is 2.22 bits per heavy atom. The quantitative estimate of drug-likeness (QED) is 0.565. The lowest BCUT2D eigenvalue weighted by Crippen LogP contribution is -2.47. The van der Waals surface area contributed by atoms with Gasteiger partial charge in [0.05, 0.1) is 6.54 Å². The number of hydrogen-bond donors (Lipinski definition) is 2. The van der Waals surface area contributed by atoms with E-state index in [9.17, 15) is 0 Å². The van der Waals surface area contributed by atoms with Gasteiger partial charge in [-0.2, -0.15) is 5.10 Å². The standard InChI is InChI=1S/C20H34N6O/c1-3-21-20(22-9-8-16-11-14-4-5-15(16)10-14)23-17-6-7-19-24-18(13-27-2)25-26(19)12-17/h14-17H,3-13H2,1-2H3,(H2,21,22,23). The van der Waals surface area contributed by atoms with Crippen LogP contribution >= 0.6 is 0 Å². The van der Waals surface area contributed by atoms with Crippen LogP contribution in [0, 0.1) is 17.8 Å². The van der Waals surface area contributed by atoms with Gasteiger partial charge in [0.2, 0.25) is 0 Å². The highest BCUT2D eigenvalue weighted by Crippen LogP contribution is 2.49. The minimum absolute atomic E-state index is 0.342. The average molecular weight is 375 g/mol. The molecule has 0 aromatic carbocycles. The number of methoxy groups -OCH3 is 1. The monoisotopic (exact) mass is 374 g/mol. The summed E-state index contributed by atoms with van der Waals surface area (Å²) in [5.74, 6) is 5.73. The zero-order valence-electron chi connectivity index (χ0n) is 16.8. The molecule has 1 aromatic heterocycles. The molecule has 0 spiro atoms. The van der Waals surface area contributed by atoms with Crippen LogP contribution in [0.4, 0.5) is 0 Å². The lowest BCUT2D eigenvalue weighted by atomic mass is 9.86. The van der Waals surface area contributed by atoms with Crippen LogP contribution in [0.1, 0.15) is 57.1 Å². The van der Waals surface area contributed by atoms with Crippen LogP contribution in [0.5, 0.6) is 0 Å². The lowest BCUT2D eigenvalue weighted by molar-refractivity contribution is 0.177. The number of aromatic nitrogens is 3. The van der Waals surface area contributed by atoms with E-state index in [1.165, 1.54) is 32.1 Å². The molecular weight excluding hydrogens is 340 g/mol. The number of nitrogens with one attached hydrogen (secondary N) is 2. The Balaban J connectivity index is 1.29. The zero-order valence-corrected chi connectivity index (χ0v) is 16.8. The predicted molar refractivity (Wildman–Crippen MR) is 106 cm³/mol. The highest BCUT2D eigenvalue weighted by molar-refractivity contribution is 5.80. The summed E-state index contributed by atoms with van der Waals surface area (Å²) in [4.78, 5) is 9.43. The summed E-state index contributed by atoms with van der Waals surface area (Å²) in [5, 5.41) is 11.6. The molecule has 2 fully saturated rings. The third-order valence-electron chi connectivity index (χ3n) is 6.51. The van der Waals surface area contributed by atoms with Crippen LogP contribution in [0.2, 0.25) is 0 Å². The first-order chi connectivity index (χ1) is 13.2. The molecule has 1 aliphatic heterocycles. The number of fused-ring (bicyclic) bond motifs is 3. The molecular formula is C20H34N6O. The second-order valence-corrected chi connectivity index (χ2v) is 8.42. The molecule has 7 heteroatoms. The summed E-state index contributed by atoms with van der Waals surface area (Å²) >= 11 is 0. The van der Waals surface area contributed by atoms with Crippen LogP contribution in [0.15, 0.2) is 4.99 Å². The topological polar surface area (TPSA) is 76.4 Å². The zero-order chi connectivity index (χ0) is 18.6. The molecule has 4 rings (SSSR count). The summed E-state index contributed by atoms with van der Waals surface area (Å²) < 4.78 is 7.17. The van der Waals surface area contributed by atoms with Crippen molar-refractivity contribution in [3.8, 4) is 0 Å². The van der Waals surface area contributed by atoms with Gasteiger partial charge in [-0.25, -0.2) is 9.67 Å². The lowest BCUT2D eigenvalue weighted by Gasteiger charge is -2.25. The first kappa shape index (κ1) is 18.7. The van der Waals surface area contributed by atoms with Gasteiger partial charge in [-0.1, -0.05) is 6.42 Å². The van der Waals surface area contributed by atoms with Crippen LogP contribution in [-0.4, -0.2) is 47.0 Å². The van der Waals surface area contributed by atoms with Crippen molar-refractivity contribution in [3.63, 3.8) is 0 Å². The smallest absolute Gasteiger partial charge is 0.191 e. The molecule has 0 saturated heterocycles. The van der Waals surface area contributed by atoms with Crippen LogP contribution in [0.3, 0.4) is 0 Å². The number of hydrogen-bond acceptors (Lipinski definition) is 4. The second-order valence-electron chi connectivity index (χ2n) is 8.42. The number of nitrogens with zero attached hydrogens (tertiary/aromatic N) is 4. The molecule has 7 nitrogen and oxygen atoms in total. The molecule has 2 N–H and O–H groups in total. The highest BCUT2D eigenvalue weighted by Gasteiger charge is 2.38. The van der Waals surface area contributed by atoms with Crippen LogP contribution < -0.4 is 10.6 Å². The van der Waals surface area contributed by atoms with Gasteiger partial charge < -0.3 is 15.4 Å². The summed E-state index contributed by atoms with van der Waals surface area (Å²) in [7, 11) is 1.68. The van der Waals surface area contributed by atoms with Crippen molar-refractivity contribution in [2.75, 3.05) is 20.2 Å². The van der Waals surface area contributed by atoms with Gasteiger partial charge in [0.15, 0.2) is 11.8 Å². The van der Waals surface area contributed by atoms with E-state index in [4.69, 9.17) is 9.73 Å². The molecule has 1 aromatic rings. The summed E-state index contributed by atoms with van der Waals surface area (Å²) in [6.45, 7) is 5.26. The van der Waals surface area contributed by atoms with E-state index >= 15 is 0 Å². The fourth-order valence-corrected chi connectivity index (χ4v) is 5.25. The Morgan fingerprint density at radius 1 is 1.30 bits per heavy atom. The van der Waals surface area contributed by atoms with Crippen LogP contribution in [-0.2, 0) is 24.3 Å². The van der Waals surface area contributed by atoms with E-state index in [1.54, 1.807) is 7.11 Å². The molecule has 0 radical (unpaired) electrons. The number of guanidine groups is 1. The normalized spacial score (nSPS) is 29.8. The maximum atomic E-state index is 5.15. The maximum Gasteiger partial charge on any atom is 0.191 e. The third-order valence-corrected chi connectivity index (χ3v) is 6.51. The highest BCUT2D eigenvalue weighted by atomic mass is 16.5. The average Bonchev–Trinajstić information content (AvgIpc) is 3.37. The fraction of sp³-hybridized carbons (Fsp3) is 0.850. The summed E-state index contributed by atoms with van der Waals surface area (Å²) in [6, 6.07) is 0.342. The SMILES string of the molecule is CCNC(=NCCC1CC2CCC1C2)NC1CCc2nc(COC)nn2C1.